The summed E-state index contributed by atoms with van der Waals surface area (Å²) in [6, 6.07) is 0. The van der Waals surface area contributed by atoms with Crippen molar-refractivity contribution >= 4 is 0 Å². The molecule has 3 heteroatoms. The van der Waals surface area contributed by atoms with Crippen LogP contribution in [0.4, 0.5) is 0 Å². The molecule has 1 N–H and O–H groups in total. The van der Waals surface area contributed by atoms with Crippen LogP contribution in [-0.4, -0.2) is 34.1 Å². The number of fused-ring (bicyclic) bond motifs is 4. The van der Waals surface area contributed by atoms with Crippen LogP contribution in [0.25, 0.3) is 0 Å². The quantitative estimate of drug-likeness (QED) is 0.684. The zero-order valence-corrected chi connectivity index (χ0v) is 15.5. The van der Waals surface area contributed by atoms with Crippen LogP contribution < -0.4 is 0 Å². The van der Waals surface area contributed by atoms with Crippen molar-refractivity contribution < 1.29 is 14.6 Å². The topological polar surface area (TPSA) is 45.3 Å². The Morgan fingerprint density at radius 3 is 2.13 bits per heavy atom. The van der Waals surface area contributed by atoms with Gasteiger partial charge in [0.15, 0.2) is 0 Å². The third-order valence-electron chi connectivity index (χ3n) is 8.10. The summed E-state index contributed by atoms with van der Waals surface area (Å²) in [7, 11) is 0. The normalized spacial score (nSPS) is 58.2. The number of aliphatic hydroxyl groups is 1. The van der Waals surface area contributed by atoms with Crippen LogP contribution in [0.5, 0.6) is 0 Å². The van der Waals surface area contributed by atoms with E-state index in [1.165, 1.54) is 6.42 Å². The van der Waals surface area contributed by atoms with Gasteiger partial charge in [-0.1, -0.05) is 13.8 Å². The largest absolute Gasteiger partial charge is 0.390 e. The first-order valence-electron chi connectivity index (χ1n) is 9.65. The average molecular weight is 322 g/mol. The van der Waals surface area contributed by atoms with E-state index in [2.05, 4.69) is 34.6 Å². The summed E-state index contributed by atoms with van der Waals surface area (Å²) in [6.07, 6.45) is 8.45. The predicted octanol–water partition coefficient (Wildman–Crippen LogP) is 4.07. The summed E-state index contributed by atoms with van der Waals surface area (Å²) < 4.78 is 12.2. The maximum atomic E-state index is 11.1. The van der Waals surface area contributed by atoms with Crippen molar-refractivity contribution in [2.24, 2.45) is 17.3 Å². The van der Waals surface area contributed by atoms with E-state index in [4.69, 9.17) is 9.47 Å². The molecule has 2 saturated heterocycles. The van der Waals surface area contributed by atoms with Crippen molar-refractivity contribution in [3.05, 3.63) is 0 Å². The minimum atomic E-state index is -0.543. The lowest BCUT2D eigenvalue weighted by molar-refractivity contribution is -0.123. The molecule has 0 radical (unpaired) electrons. The number of hydrogen-bond acceptors (Lipinski definition) is 3. The van der Waals surface area contributed by atoms with Crippen LogP contribution in [0.1, 0.15) is 79.6 Å². The van der Waals surface area contributed by atoms with E-state index in [0.29, 0.717) is 24.0 Å². The Kier molecular flexibility index (Phi) is 3.37. The third-order valence-corrected chi connectivity index (χ3v) is 8.10. The molecule has 0 aromatic heterocycles. The number of rotatable bonds is 0. The molecule has 2 bridgehead atoms. The van der Waals surface area contributed by atoms with Gasteiger partial charge in [0.1, 0.15) is 0 Å². The Balaban J connectivity index is 1.62. The first-order chi connectivity index (χ1) is 10.6. The van der Waals surface area contributed by atoms with Gasteiger partial charge in [0.25, 0.3) is 0 Å². The molecule has 4 fully saturated rings. The van der Waals surface area contributed by atoms with Gasteiger partial charge in [0.2, 0.25) is 0 Å². The molecule has 2 aliphatic carbocycles. The Bertz CT molecular complexity index is 499. The van der Waals surface area contributed by atoms with Gasteiger partial charge in [-0.15, -0.1) is 0 Å². The van der Waals surface area contributed by atoms with E-state index in [9.17, 15) is 5.11 Å². The van der Waals surface area contributed by atoms with Crippen molar-refractivity contribution in [1.29, 1.82) is 0 Å². The van der Waals surface area contributed by atoms with E-state index in [1.807, 2.05) is 0 Å². The maximum absolute atomic E-state index is 11.1. The van der Waals surface area contributed by atoms with Crippen molar-refractivity contribution in [1.82, 2.24) is 0 Å². The summed E-state index contributed by atoms with van der Waals surface area (Å²) >= 11 is 0. The standard InChI is InChI=1S/C20H34O3/c1-17(2)13-6-9-18(3,21)14(17)7-10-19(4)15(22-19)8-11-20(5)16(12-13)23-20/h13-16,21H,6-12H2,1-5H3/t13-,14-,15-,16-,18-,19+,20-/m0/s1. The van der Waals surface area contributed by atoms with Gasteiger partial charge >= 0.3 is 0 Å². The summed E-state index contributed by atoms with van der Waals surface area (Å²) in [5.74, 6) is 1.00. The molecular formula is C20H34O3. The SMILES string of the molecule is CC1(C)[C@H]2CC[C@](C)(O)[C@H]1CC[C@@]1(C)O[C@H]1CC[C@]1(C)O[C@H]1C2. The lowest BCUT2D eigenvalue weighted by Crippen LogP contribution is -2.52. The highest BCUT2D eigenvalue weighted by atomic mass is 16.6. The van der Waals surface area contributed by atoms with E-state index in [0.717, 1.165) is 38.5 Å². The molecule has 23 heavy (non-hydrogen) atoms. The molecule has 2 saturated carbocycles. The predicted molar refractivity (Wildman–Crippen MR) is 90.3 cm³/mol. The molecule has 3 nitrogen and oxygen atoms in total. The molecule has 0 amide bonds. The minimum absolute atomic E-state index is 0.0407. The van der Waals surface area contributed by atoms with E-state index in [1.54, 1.807) is 0 Å². The summed E-state index contributed by atoms with van der Waals surface area (Å²) in [5.41, 5.74) is -0.260. The highest BCUT2D eigenvalue weighted by Crippen LogP contribution is 2.58. The minimum Gasteiger partial charge on any atom is -0.390 e. The van der Waals surface area contributed by atoms with Gasteiger partial charge in [-0.3, -0.25) is 0 Å². The number of ether oxygens (including phenoxy) is 2. The molecule has 132 valence electrons. The number of hydrogen-bond donors (Lipinski definition) is 1. The second kappa shape index (κ2) is 4.74. The van der Waals surface area contributed by atoms with Crippen molar-refractivity contribution in [3.63, 3.8) is 0 Å². The second-order valence-electron chi connectivity index (χ2n) is 10.1. The monoisotopic (exact) mass is 322 g/mol. The Morgan fingerprint density at radius 1 is 0.783 bits per heavy atom. The highest BCUT2D eigenvalue weighted by Gasteiger charge is 2.60. The van der Waals surface area contributed by atoms with E-state index < -0.39 is 5.60 Å². The molecule has 0 aromatic rings. The van der Waals surface area contributed by atoms with E-state index in [-0.39, 0.29) is 16.6 Å². The fourth-order valence-electron chi connectivity index (χ4n) is 5.99. The number of epoxide rings is 2. The molecular weight excluding hydrogens is 288 g/mol. The second-order valence-corrected chi connectivity index (χ2v) is 10.1. The zero-order chi connectivity index (χ0) is 16.7. The third kappa shape index (κ3) is 2.58. The molecule has 2 aliphatic heterocycles. The summed E-state index contributed by atoms with van der Waals surface area (Å²) in [5, 5.41) is 11.1. The molecule has 0 unspecified atom stereocenters. The van der Waals surface area contributed by atoms with Crippen LogP contribution in [0, 0.1) is 17.3 Å². The summed E-state index contributed by atoms with van der Waals surface area (Å²) in [6.45, 7) is 11.4. The zero-order valence-electron chi connectivity index (χ0n) is 15.5. The summed E-state index contributed by atoms with van der Waals surface area (Å²) in [4.78, 5) is 0. The molecule has 0 aromatic carbocycles. The average Bonchev–Trinajstić information content (AvgIpc) is 3.27. The van der Waals surface area contributed by atoms with Crippen LogP contribution >= 0.6 is 0 Å². The fraction of sp³-hybridized carbons (Fsp3) is 1.00. The van der Waals surface area contributed by atoms with Crippen molar-refractivity contribution in [2.75, 3.05) is 0 Å². The Morgan fingerprint density at radius 2 is 1.39 bits per heavy atom. The van der Waals surface area contributed by atoms with Crippen LogP contribution in [0.2, 0.25) is 0 Å². The molecule has 4 aliphatic rings. The van der Waals surface area contributed by atoms with Gasteiger partial charge in [0.05, 0.1) is 29.0 Å². The smallest absolute Gasteiger partial charge is 0.0921 e. The van der Waals surface area contributed by atoms with Crippen LogP contribution in [0.3, 0.4) is 0 Å². The first-order valence-corrected chi connectivity index (χ1v) is 9.65. The fourth-order valence-corrected chi connectivity index (χ4v) is 5.99. The molecule has 0 spiro atoms. The van der Waals surface area contributed by atoms with Crippen molar-refractivity contribution in [2.45, 2.75) is 109 Å². The highest BCUT2D eigenvalue weighted by molar-refractivity contribution is 5.09. The van der Waals surface area contributed by atoms with Gasteiger partial charge in [-0.05, 0) is 83.0 Å². The lowest BCUT2D eigenvalue weighted by Gasteiger charge is -2.53. The first kappa shape index (κ1) is 16.4. The van der Waals surface area contributed by atoms with E-state index >= 15 is 0 Å². The Hall–Kier alpha value is -0.120. The molecule has 4 rings (SSSR count). The van der Waals surface area contributed by atoms with Gasteiger partial charge < -0.3 is 14.6 Å². The Labute approximate surface area is 141 Å². The van der Waals surface area contributed by atoms with Gasteiger partial charge in [0, 0.05) is 0 Å². The van der Waals surface area contributed by atoms with Crippen LogP contribution in [-0.2, 0) is 9.47 Å². The lowest BCUT2D eigenvalue weighted by atomic mass is 9.54. The maximum Gasteiger partial charge on any atom is 0.0921 e. The van der Waals surface area contributed by atoms with Gasteiger partial charge in [-0.25, -0.2) is 0 Å². The van der Waals surface area contributed by atoms with Crippen molar-refractivity contribution in [3.8, 4) is 0 Å². The van der Waals surface area contributed by atoms with Crippen LogP contribution in [0.15, 0.2) is 0 Å². The van der Waals surface area contributed by atoms with Gasteiger partial charge in [-0.2, -0.15) is 0 Å². The molecule has 2 heterocycles. The molecule has 7 atom stereocenters.